The van der Waals surface area contributed by atoms with Crippen LogP contribution in [0, 0.1) is 5.82 Å². The second-order valence-electron chi connectivity index (χ2n) is 3.41. The van der Waals surface area contributed by atoms with Gasteiger partial charge in [0.05, 0.1) is 0 Å². The monoisotopic (exact) mass is 193 g/mol. The van der Waals surface area contributed by atoms with Gasteiger partial charge in [-0.1, -0.05) is 25.1 Å². The highest BCUT2D eigenvalue weighted by Crippen LogP contribution is 2.14. The van der Waals surface area contributed by atoms with Gasteiger partial charge in [0.1, 0.15) is 5.82 Å². The van der Waals surface area contributed by atoms with E-state index in [1.807, 2.05) is 31.1 Å². The van der Waals surface area contributed by atoms with Crippen molar-refractivity contribution in [2.24, 2.45) is 0 Å². The van der Waals surface area contributed by atoms with Crippen molar-refractivity contribution < 1.29 is 4.39 Å². The van der Waals surface area contributed by atoms with Crippen LogP contribution in [0.15, 0.2) is 30.0 Å². The third-order valence-electron chi connectivity index (χ3n) is 2.16. The number of hydrogen-bond donors (Lipinski definition) is 0. The van der Waals surface area contributed by atoms with Crippen LogP contribution < -0.4 is 0 Å². The molecule has 0 atom stereocenters. The largest absolute Gasteiger partial charge is 0.381 e. The molecule has 0 saturated carbocycles. The smallest absolute Gasteiger partial charge is 0.130 e. The summed E-state index contributed by atoms with van der Waals surface area (Å²) in [6.07, 6.45) is 2.79. The fourth-order valence-electron chi connectivity index (χ4n) is 1.32. The highest BCUT2D eigenvalue weighted by atomic mass is 19.1. The van der Waals surface area contributed by atoms with Crippen LogP contribution in [0.5, 0.6) is 0 Å². The fraction of sp³-hybridized carbons (Fsp3) is 0.333. The molecule has 0 saturated heterocycles. The summed E-state index contributed by atoms with van der Waals surface area (Å²) in [6, 6.07) is 6.81. The molecule has 0 N–H and O–H groups in total. The predicted octanol–water partition coefficient (Wildman–Crippen LogP) is 3.14. The van der Waals surface area contributed by atoms with E-state index in [0.29, 0.717) is 5.56 Å². The van der Waals surface area contributed by atoms with Gasteiger partial charge in [0, 0.05) is 25.4 Å². The molecule has 76 valence electrons. The summed E-state index contributed by atoms with van der Waals surface area (Å²) in [5.74, 6) is -0.166. The minimum atomic E-state index is -0.166. The van der Waals surface area contributed by atoms with Gasteiger partial charge in [-0.25, -0.2) is 4.39 Å². The Morgan fingerprint density at radius 1 is 1.36 bits per heavy atom. The van der Waals surface area contributed by atoms with Crippen molar-refractivity contribution in [1.29, 1.82) is 0 Å². The Bertz CT molecular complexity index is 329. The van der Waals surface area contributed by atoms with Crippen LogP contribution in [0.25, 0.3) is 6.08 Å². The van der Waals surface area contributed by atoms with Crippen molar-refractivity contribution in [2.45, 2.75) is 13.3 Å². The van der Waals surface area contributed by atoms with Crippen LogP contribution in [-0.4, -0.2) is 19.0 Å². The molecular formula is C12H16FN. The van der Waals surface area contributed by atoms with Gasteiger partial charge in [0.25, 0.3) is 0 Å². The number of rotatable bonds is 3. The molecule has 0 aromatic heterocycles. The first-order chi connectivity index (χ1) is 6.65. The summed E-state index contributed by atoms with van der Waals surface area (Å²) in [4.78, 5) is 2.01. The van der Waals surface area contributed by atoms with Crippen molar-refractivity contribution in [2.75, 3.05) is 14.1 Å². The lowest BCUT2D eigenvalue weighted by atomic mass is 10.1. The van der Waals surface area contributed by atoms with E-state index in [-0.39, 0.29) is 5.82 Å². The van der Waals surface area contributed by atoms with Crippen LogP contribution in [0.3, 0.4) is 0 Å². The summed E-state index contributed by atoms with van der Waals surface area (Å²) >= 11 is 0. The molecule has 0 heterocycles. The lowest BCUT2D eigenvalue weighted by molar-refractivity contribution is 0.499. The predicted molar refractivity (Wildman–Crippen MR) is 58.4 cm³/mol. The van der Waals surface area contributed by atoms with Gasteiger partial charge in [0.15, 0.2) is 0 Å². The summed E-state index contributed by atoms with van der Waals surface area (Å²) in [6.45, 7) is 2.06. The van der Waals surface area contributed by atoms with Crippen LogP contribution in [0.1, 0.15) is 18.9 Å². The van der Waals surface area contributed by atoms with E-state index in [4.69, 9.17) is 0 Å². The maximum absolute atomic E-state index is 13.3. The molecule has 0 amide bonds. The number of hydrogen-bond acceptors (Lipinski definition) is 1. The van der Waals surface area contributed by atoms with Crippen molar-refractivity contribution in [1.82, 2.24) is 4.90 Å². The number of nitrogens with zero attached hydrogens (tertiary/aromatic N) is 1. The lowest BCUT2D eigenvalue weighted by Crippen LogP contribution is -2.10. The Kier molecular flexibility index (Phi) is 3.69. The quantitative estimate of drug-likeness (QED) is 0.712. The highest BCUT2D eigenvalue weighted by molar-refractivity contribution is 5.52. The number of benzene rings is 1. The number of allylic oxidation sites excluding steroid dienone is 1. The van der Waals surface area contributed by atoms with Crippen LogP contribution in [-0.2, 0) is 0 Å². The van der Waals surface area contributed by atoms with E-state index < -0.39 is 0 Å². The maximum atomic E-state index is 13.3. The second kappa shape index (κ2) is 4.80. The van der Waals surface area contributed by atoms with Gasteiger partial charge < -0.3 is 4.90 Å². The minimum Gasteiger partial charge on any atom is -0.381 e. The minimum absolute atomic E-state index is 0.166. The molecule has 0 aliphatic carbocycles. The van der Waals surface area contributed by atoms with E-state index >= 15 is 0 Å². The molecular weight excluding hydrogens is 177 g/mol. The van der Waals surface area contributed by atoms with Gasteiger partial charge in [0.2, 0.25) is 0 Å². The van der Waals surface area contributed by atoms with Crippen LogP contribution in [0.2, 0.25) is 0 Å². The molecule has 0 spiro atoms. The average Bonchev–Trinajstić information content (AvgIpc) is 2.16. The molecule has 0 bridgehead atoms. The zero-order valence-electron chi connectivity index (χ0n) is 8.92. The van der Waals surface area contributed by atoms with Gasteiger partial charge in [-0.05, 0) is 18.6 Å². The van der Waals surface area contributed by atoms with Gasteiger partial charge in [-0.3, -0.25) is 0 Å². The van der Waals surface area contributed by atoms with E-state index in [1.54, 1.807) is 12.1 Å². The Morgan fingerprint density at radius 3 is 2.50 bits per heavy atom. The molecule has 14 heavy (non-hydrogen) atoms. The summed E-state index contributed by atoms with van der Waals surface area (Å²) in [5, 5.41) is 0. The van der Waals surface area contributed by atoms with E-state index in [1.165, 1.54) is 6.07 Å². The Morgan fingerprint density at radius 2 is 2.00 bits per heavy atom. The van der Waals surface area contributed by atoms with Crippen molar-refractivity contribution >= 4 is 6.08 Å². The summed E-state index contributed by atoms with van der Waals surface area (Å²) < 4.78 is 13.3. The van der Waals surface area contributed by atoms with Gasteiger partial charge >= 0.3 is 0 Å². The third kappa shape index (κ3) is 2.59. The van der Waals surface area contributed by atoms with Gasteiger partial charge in [-0.15, -0.1) is 0 Å². The zero-order valence-corrected chi connectivity index (χ0v) is 8.92. The first kappa shape index (κ1) is 10.8. The fourth-order valence-corrected chi connectivity index (χ4v) is 1.32. The molecule has 0 unspecified atom stereocenters. The molecule has 1 nitrogen and oxygen atoms in total. The zero-order chi connectivity index (χ0) is 10.6. The van der Waals surface area contributed by atoms with E-state index in [9.17, 15) is 4.39 Å². The molecule has 2 heteroatoms. The average molecular weight is 193 g/mol. The first-order valence-corrected chi connectivity index (χ1v) is 4.77. The summed E-state index contributed by atoms with van der Waals surface area (Å²) in [7, 11) is 3.94. The van der Waals surface area contributed by atoms with Crippen LogP contribution >= 0.6 is 0 Å². The molecule has 0 fully saturated rings. The molecule has 1 aromatic carbocycles. The Labute approximate surface area is 84.9 Å². The maximum Gasteiger partial charge on any atom is 0.130 e. The van der Waals surface area contributed by atoms with Crippen molar-refractivity contribution in [3.8, 4) is 0 Å². The SMILES string of the molecule is CC/C(=C/c1ccccc1F)N(C)C. The molecule has 0 aliphatic heterocycles. The summed E-state index contributed by atoms with van der Waals surface area (Å²) in [5.41, 5.74) is 1.77. The van der Waals surface area contributed by atoms with Crippen molar-refractivity contribution in [3.63, 3.8) is 0 Å². The van der Waals surface area contributed by atoms with Crippen LogP contribution in [0.4, 0.5) is 4.39 Å². The highest BCUT2D eigenvalue weighted by Gasteiger charge is 2.00. The van der Waals surface area contributed by atoms with E-state index in [2.05, 4.69) is 6.92 Å². The Hall–Kier alpha value is -1.31. The third-order valence-corrected chi connectivity index (χ3v) is 2.16. The number of halogens is 1. The topological polar surface area (TPSA) is 3.24 Å². The molecule has 1 aromatic rings. The molecule has 0 aliphatic rings. The first-order valence-electron chi connectivity index (χ1n) is 4.77. The normalized spacial score (nSPS) is 11.6. The molecule has 0 radical (unpaired) electrons. The second-order valence-corrected chi connectivity index (χ2v) is 3.41. The van der Waals surface area contributed by atoms with E-state index in [0.717, 1.165) is 12.1 Å². The van der Waals surface area contributed by atoms with Crippen molar-refractivity contribution in [3.05, 3.63) is 41.3 Å². The molecule has 1 rings (SSSR count). The van der Waals surface area contributed by atoms with Gasteiger partial charge in [-0.2, -0.15) is 0 Å². The lowest BCUT2D eigenvalue weighted by Gasteiger charge is -2.15. The Balaban J connectivity index is 3.00. The standard InChI is InChI=1S/C12H16FN/c1-4-11(14(2)3)9-10-7-5-6-8-12(10)13/h5-9H,4H2,1-3H3/b11-9-.